The molecule has 2 rings (SSSR count). The van der Waals surface area contributed by atoms with Crippen LogP contribution in [0, 0.1) is 18.8 Å². The highest BCUT2D eigenvalue weighted by molar-refractivity contribution is 6.40. The standard InChI is InChI=1S/C13H16Cl2N2O/c1-7-3-4-10(14)12(11(7)15)17-13(18)9-6-16-5-8(9)2/h3-4,8-9,16H,5-6H2,1-2H3,(H,17,18)/t8-,9-/m1/s1. The zero-order chi connectivity index (χ0) is 13.3. The molecule has 1 amide bonds. The monoisotopic (exact) mass is 286 g/mol. The molecule has 1 aliphatic rings. The predicted molar refractivity (Wildman–Crippen MR) is 75.4 cm³/mol. The summed E-state index contributed by atoms with van der Waals surface area (Å²) in [6.45, 7) is 5.51. The molecule has 0 bridgehead atoms. The molecule has 1 heterocycles. The van der Waals surface area contributed by atoms with Crippen molar-refractivity contribution in [2.45, 2.75) is 13.8 Å². The van der Waals surface area contributed by atoms with Crippen LogP contribution in [0.4, 0.5) is 5.69 Å². The topological polar surface area (TPSA) is 41.1 Å². The summed E-state index contributed by atoms with van der Waals surface area (Å²) < 4.78 is 0. The summed E-state index contributed by atoms with van der Waals surface area (Å²) in [7, 11) is 0. The number of amides is 1. The molecule has 0 saturated carbocycles. The third kappa shape index (κ3) is 2.63. The number of carbonyl (C=O) groups is 1. The lowest BCUT2D eigenvalue weighted by Crippen LogP contribution is -2.28. The summed E-state index contributed by atoms with van der Waals surface area (Å²) in [5.74, 6) is 0.270. The van der Waals surface area contributed by atoms with Gasteiger partial charge in [-0.3, -0.25) is 4.79 Å². The van der Waals surface area contributed by atoms with Gasteiger partial charge in [0, 0.05) is 6.54 Å². The molecule has 1 fully saturated rings. The van der Waals surface area contributed by atoms with Gasteiger partial charge in [-0.05, 0) is 31.0 Å². The fourth-order valence-electron chi connectivity index (χ4n) is 2.15. The Balaban J connectivity index is 2.19. The van der Waals surface area contributed by atoms with Gasteiger partial charge >= 0.3 is 0 Å². The van der Waals surface area contributed by atoms with Gasteiger partial charge in [-0.15, -0.1) is 0 Å². The van der Waals surface area contributed by atoms with Crippen LogP contribution < -0.4 is 10.6 Å². The van der Waals surface area contributed by atoms with Crippen LogP contribution in [-0.2, 0) is 4.79 Å². The summed E-state index contributed by atoms with van der Waals surface area (Å²) in [4.78, 5) is 12.2. The summed E-state index contributed by atoms with van der Waals surface area (Å²) in [6, 6.07) is 3.58. The highest BCUT2D eigenvalue weighted by Crippen LogP contribution is 2.33. The Morgan fingerprint density at radius 2 is 2.11 bits per heavy atom. The molecule has 0 unspecified atom stereocenters. The molecule has 0 aliphatic carbocycles. The summed E-state index contributed by atoms with van der Waals surface area (Å²) >= 11 is 12.2. The second kappa shape index (κ2) is 5.47. The highest BCUT2D eigenvalue weighted by atomic mass is 35.5. The van der Waals surface area contributed by atoms with Crippen LogP contribution in [0.25, 0.3) is 0 Å². The molecule has 5 heteroatoms. The molecule has 1 aliphatic heterocycles. The molecule has 1 aromatic carbocycles. The number of hydrogen-bond acceptors (Lipinski definition) is 2. The van der Waals surface area contributed by atoms with Crippen molar-refractivity contribution in [2.24, 2.45) is 11.8 Å². The summed E-state index contributed by atoms with van der Waals surface area (Å²) in [5, 5.41) is 7.03. The lowest BCUT2D eigenvalue weighted by Gasteiger charge is -2.16. The van der Waals surface area contributed by atoms with Gasteiger partial charge in [0.15, 0.2) is 0 Å². The Bertz CT molecular complexity index is 476. The molecule has 3 nitrogen and oxygen atoms in total. The molecule has 1 aromatic rings. The number of benzene rings is 1. The fourth-order valence-corrected chi connectivity index (χ4v) is 2.61. The van der Waals surface area contributed by atoms with E-state index < -0.39 is 0 Å². The summed E-state index contributed by atoms with van der Waals surface area (Å²) in [6.07, 6.45) is 0. The van der Waals surface area contributed by atoms with Crippen molar-refractivity contribution in [3.63, 3.8) is 0 Å². The van der Waals surface area contributed by atoms with E-state index in [0.717, 1.165) is 12.1 Å². The zero-order valence-electron chi connectivity index (χ0n) is 10.4. The van der Waals surface area contributed by atoms with Crippen molar-refractivity contribution in [1.82, 2.24) is 5.32 Å². The van der Waals surface area contributed by atoms with Crippen molar-refractivity contribution in [1.29, 1.82) is 0 Å². The van der Waals surface area contributed by atoms with E-state index in [2.05, 4.69) is 17.6 Å². The van der Waals surface area contributed by atoms with Gasteiger partial charge in [-0.1, -0.05) is 36.2 Å². The maximum absolute atomic E-state index is 12.2. The maximum Gasteiger partial charge on any atom is 0.229 e. The van der Waals surface area contributed by atoms with Gasteiger partial charge in [0.1, 0.15) is 0 Å². The van der Waals surface area contributed by atoms with Crippen molar-refractivity contribution in [3.05, 3.63) is 27.7 Å². The number of halogens is 2. The number of aryl methyl sites for hydroxylation is 1. The van der Waals surface area contributed by atoms with E-state index >= 15 is 0 Å². The van der Waals surface area contributed by atoms with Crippen molar-refractivity contribution >= 4 is 34.8 Å². The first kappa shape index (κ1) is 13.7. The van der Waals surface area contributed by atoms with Crippen LogP contribution in [0.1, 0.15) is 12.5 Å². The molecule has 2 atom stereocenters. The van der Waals surface area contributed by atoms with Crippen molar-refractivity contribution < 1.29 is 4.79 Å². The highest BCUT2D eigenvalue weighted by Gasteiger charge is 2.30. The Hall–Kier alpha value is -0.770. The van der Waals surface area contributed by atoms with Gasteiger partial charge < -0.3 is 10.6 Å². The molecular formula is C13H16Cl2N2O. The third-order valence-corrected chi connectivity index (χ3v) is 4.19. The number of rotatable bonds is 2. The minimum atomic E-state index is -0.0300. The van der Waals surface area contributed by atoms with Gasteiger partial charge in [0.2, 0.25) is 5.91 Å². The molecule has 0 radical (unpaired) electrons. The average molecular weight is 287 g/mol. The van der Waals surface area contributed by atoms with Gasteiger partial charge in [-0.25, -0.2) is 0 Å². The van der Waals surface area contributed by atoms with E-state index in [1.807, 2.05) is 13.0 Å². The predicted octanol–water partition coefficient (Wildman–Crippen LogP) is 3.10. The molecular weight excluding hydrogens is 271 g/mol. The Morgan fingerprint density at radius 1 is 1.39 bits per heavy atom. The average Bonchev–Trinajstić information content (AvgIpc) is 2.76. The Kier molecular flexibility index (Phi) is 4.15. The minimum absolute atomic E-state index is 0.0260. The minimum Gasteiger partial charge on any atom is -0.323 e. The van der Waals surface area contributed by atoms with E-state index in [4.69, 9.17) is 23.2 Å². The lowest BCUT2D eigenvalue weighted by atomic mass is 9.97. The second-order valence-corrected chi connectivity index (χ2v) is 5.57. The van der Waals surface area contributed by atoms with E-state index in [0.29, 0.717) is 28.2 Å². The van der Waals surface area contributed by atoms with E-state index in [9.17, 15) is 4.79 Å². The van der Waals surface area contributed by atoms with Crippen LogP contribution in [0.15, 0.2) is 12.1 Å². The molecule has 0 aromatic heterocycles. The quantitative estimate of drug-likeness (QED) is 0.877. The molecule has 18 heavy (non-hydrogen) atoms. The number of nitrogens with one attached hydrogen (secondary N) is 2. The first-order valence-electron chi connectivity index (χ1n) is 5.97. The molecule has 2 N–H and O–H groups in total. The van der Waals surface area contributed by atoms with Gasteiger partial charge in [-0.2, -0.15) is 0 Å². The Labute approximate surface area is 117 Å². The number of carbonyl (C=O) groups excluding carboxylic acids is 1. The largest absolute Gasteiger partial charge is 0.323 e. The van der Waals surface area contributed by atoms with Crippen LogP contribution in [0.3, 0.4) is 0 Å². The van der Waals surface area contributed by atoms with Gasteiger partial charge in [0.05, 0.1) is 21.7 Å². The first-order chi connectivity index (χ1) is 8.50. The van der Waals surface area contributed by atoms with Crippen LogP contribution in [0.5, 0.6) is 0 Å². The maximum atomic E-state index is 12.2. The van der Waals surface area contributed by atoms with Crippen molar-refractivity contribution in [2.75, 3.05) is 18.4 Å². The normalized spacial score (nSPS) is 23.1. The Morgan fingerprint density at radius 3 is 2.72 bits per heavy atom. The molecule has 1 saturated heterocycles. The lowest BCUT2D eigenvalue weighted by molar-refractivity contribution is -0.120. The summed E-state index contributed by atoms with van der Waals surface area (Å²) in [5.41, 5.74) is 1.41. The zero-order valence-corrected chi connectivity index (χ0v) is 11.9. The number of hydrogen-bond donors (Lipinski definition) is 2. The van der Waals surface area contributed by atoms with Crippen LogP contribution in [-0.4, -0.2) is 19.0 Å². The third-order valence-electron chi connectivity index (χ3n) is 3.39. The second-order valence-electron chi connectivity index (χ2n) is 4.78. The first-order valence-corrected chi connectivity index (χ1v) is 6.72. The van der Waals surface area contributed by atoms with Gasteiger partial charge in [0.25, 0.3) is 0 Å². The molecule has 98 valence electrons. The smallest absolute Gasteiger partial charge is 0.229 e. The van der Waals surface area contributed by atoms with E-state index in [1.165, 1.54) is 0 Å². The number of anilines is 1. The fraction of sp³-hybridized carbons (Fsp3) is 0.462. The SMILES string of the molecule is Cc1ccc(Cl)c(NC(=O)[C@@H]2CNC[C@H]2C)c1Cl. The van der Waals surface area contributed by atoms with Crippen LogP contribution in [0.2, 0.25) is 10.0 Å². The van der Waals surface area contributed by atoms with E-state index in [-0.39, 0.29) is 11.8 Å². The van der Waals surface area contributed by atoms with E-state index in [1.54, 1.807) is 6.07 Å². The van der Waals surface area contributed by atoms with Crippen molar-refractivity contribution in [3.8, 4) is 0 Å². The van der Waals surface area contributed by atoms with Crippen LogP contribution >= 0.6 is 23.2 Å². The molecule has 0 spiro atoms.